The molecule has 0 N–H and O–H groups in total. The van der Waals surface area contributed by atoms with Gasteiger partial charge in [0.15, 0.2) is 12.5 Å². The minimum absolute atomic E-state index is 0.174. The Kier molecular flexibility index (Phi) is 7.63. The van der Waals surface area contributed by atoms with Crippen LogP contribution in [0, 0.1) is 5.21 Å². The lowest BCUT2D eigenvalue weighted by Gasteiger charge is -2.34. The van der Waals surface area contributed by atoms with Crippen LogP contribution in [0.1, 0.15) is 46.1 Å². The number of benzene rings is 1. The summed E-state index contributed by atoms with van der Waals surface area (Å²) in [6.45, 7) is 7.46. The molecule has 8 nitrogen and oxygen atoms in total. The van der Waals surface area contributed by atoms with Crippen LogP contribution >= 0.6 is 0 Å². The van der Waals surface area contributed by atoms with Crippen molar-refractivity contribution in [2.24, 2.45) is 0 Å². The Morgan fingerprint density at radius 1 is 1.07 bits per heavy atom. The topological polar surface area (TPSA) is 89.3 Å². The number of ether oxygens (including phenoxy) is 5. The molecule has 1 heterocycles. The highest BCUT2D eigenvalue weighted by atomic mass is 16.8. The van der Waals surface area contributed by atoms with Gasteiger partial charge in [0.25, 0.3) is 0 Å². The van der Waals surface area contributed by atoms with Crippen molar-refractivity contribution in [3.05, 3.63) is 41.1 Å². The van der Waals surface area contributed by atoms with Gasteiger partial charge >= 0.3 is 12.0 Å². The summed E-state index contributed by atoms with van der Waals surface area (Å²) in [7, 11) is 4.27. The fraction of sp³-hybridized carbons (Fsp3) is 0.636. The molecular weight excluding hydrogens is 390 g/mol. The SMILES string of the molecule is COC(=O)C(/[N+]([O-])=C/c1ccccc1)C1(CCC(OC)OC)OC(C)(C)C(C)(C)O1. The van der Waals surface area contributed by atoms with Crippen molar-refractivity contribution >= 4 is 12.2 Å². The summed E-state index contributed by atoms with van der Waals surface area (Å²) >= 11 is 0. The van der Waals surface area contributed by atoms with Gasteiger partial charge in [-0.3, -0.25) is 0 Å². The second kappa shape index (κ2) is 9.43. The maximum absolute atomic E-state index is 13.2. The van der Waals surface area contributed by atoms with Crippen molar-refractivity contribution in [2.75, 3.05) is 21.3 Å². The predicted octanol–water partition coefficient (Wildman–Crippen LogP) is 2.86. The third-order valence-electron chi connectivity index (χ3n) is 5.73. The summed E-state index contributed by atoms with van der Waals surface area (Å²) in [4.78, 5) is 12.8. The molecule has 0 amide bonds. The Balaban J connectivity index is 2.53. The summed E-state index contributed by atoms with van der Waals surface area (Å²) in [5, 5.41) is 13.2. The summed E-state index contributed by atoms with van der Waals surface area (Å²) in [5.41, 5.74) is -0.912. The highest BCUT2D eigenvalue weighted by Crippen LogP contribution is 2.48. The second-order valence-corrected chi connectivity index (χ2v) is 8.30. The van der Waals surface area contributed by atoms with Crippen LogP contribution in [0.4, 0.5) is 0 Å². The Bertz CT molecular complexity index is 725. The molecule has 168 valence electrons. The molecule has 1 unspecified atom stereocenters. The van der Waals surface area contributed by atoms with E-state index < -0.39 is 35.3 Å². The van der Waals surface area contributed by atoms with Gasteiger partial charge in [0.2, 0.25) is 5.79 Å². The van der Waals surface area contributed by atoms with E-state index in [9.17, 15) is 10.0 Å². The lowest BCUT2D eigenvalue weighted by Crippen LogP contribution is -2.55. The molecule has 0 aromatic heterocycles. The van der Waals surface area contributed by atoms with E-state index in [0.29, 0.717) is 16.7 Å². The number of carbonyl (C=O) groups is 1. The summed E-state index contributed by atoms with van der Waals surface area (Å²) in [5.74, 6) is -2.32. The summed E-state index contributed by atoms with van der Waals surface area (Å²) in [6.07, 6.45) is 1.30. The number of hydrogen-bond acceptors (Lipinski definition) is 7. The van der Waals surface area contributed by atoms with Crippen LogP contribution < -0.4 is 0 Å². The zero-order chi connectivity index (χ0) is 22.6. The zero-order valence-corrected chi connectivity index (χ0v) is 18.8. The van der Waals surface area contributed by atoms with Crippen LogP contribution in [0.2, 0.25) is 0 Å². The van der Waals surface area contributed by atoms with Gasteiger partial charge in [-0.05, 0) is 39.8 Å². The Morgan fingerprint density at radius 3 is 2.07 bits per heavy atom. The van der Waals surface area contributed by atoms with Crippen molar-refractivity contribution in [2.45, 2.75) is 69.9 Å². The fourth-order valence-electron chi connectivity index (χ4n) is 3.48. The van der Waals surface area contributed by atoms with Crippen LogP contribution in [0.3, 0.4) is 0 Å². The normalized spacial score (nSPS) is 20.9. The van der Waals surface area contributed by atoms with Crippen LogP contribution in [0.25, 0.3) is 0 Å². The molecule has 30 heavy (non-hydrogen) atoms. The fourth-order valence-corrected chi connectivity index (χ4v) is 3.48. The molecule has 1 aromatic rings. The largest absolute Gasteiger partial charge is 0.623 e. The molecule has 0 saturated carbocycles. The molecule has 1 aliphatic rings. The van der Waals surface area contributed by atoms with Crippen molar-refractivity contribution in [3.8, 4) is 0 Å². The van der Waals surface area contributed by atoms with Crippen LogP contribution in [-0.4, -0.2) is 67.6 Å². The Labute approximate surface area is 178 Å². The van der Waals surface area contributed by atoms with Crippen LogP contribution in [0.5, 0.6) is 0 Å². The predicted molar refractivity (Wildman–Crippen MR) is 111 cm³/mol. The minimum atomic E-state index is -1.57. The van der Waals surface area contributed by atoms with Crippen molar-refractivity contribution < 1.29 is 33.2 Å². The van der Waals surface area contributed by atoms with E-state index in [1.54, 1.807) is 24.3 Å². The number of carbonyl (C=O) groups excluding carboxylic acids is 1. The Morgan fingerprint density at radius 2 is 1.60 bits per heavy atom. The van der Waals surface area contributed by atoms with Gasteiger partial charge in [0.05, 0.1) is 18.3 Å². The average Bonchev–Trinajstić information content (AvgIpc) is 2.87. The molecule has 1 atom stereocenters. The first-order chi connectivity index (χ1) is 14.0. The maximum Gasteiger partial charge on any atom is 0.382 e. The van der Waals surface area contributed by atoms with Gasteiger partial charge in [0.1, 0.15) is 0 Å². The number of methoxy groups -OCH3 is 3. The first-order valence-corrected chi connectivity index (χ1v) is 9.91. The molecule has 0 radical (unpaired) electrons. The van der Waals surface area contributed by atoms with E-state index in [1.165, 1.54) is 27.5 Å². The molecule has 1 aromatic carbocycles. The highest BCUT2D eigenvalue weighted by Gasteiger charge is 2.65. The molecule has 1 fully saturated rings. The highest BCUT2D eigenvalue weighted by molar-refractivity contribution is 5.79. The number of hydrogen-bond donors (Lipinski definition) is 0. The lowest BCUT2D eigenvalue weighted by atomic mass is 9.90. The number of rotatable bonds is 9. The molecule has 0 bridgehead atoms. The van der Waals surface area contributed by atoms with E-state index >= 15 is 0 Å². The third-order valence-corrected chi connectivity index (χ3v) is 5.73. The smallest absolute Gasteiger partial charge is 0.382 e. The van der Waals surface area contributed by atoms with E-state index in [4.69, 9.17) is 23.7 Å². The third kappa shape index (κ3) is 5.00. The second-order valence-electron chi connectivity index (χ2n) is 8.30. The van der Waals surface area contributed by atoms with Gasteiger partial charge in [0, 0.05) is 32.6 Å². The standard InChI is InChI=1S/C22H33NO7/c1-20(2)21(3,4)30-22(29-20,14-13-17(26-5)27-6)18(19(24)28-7)23(25)15-16-11-9-8-10-12-16/h8-12,15,17-18H,13-14H2,1-7H3/b23-15-. The molecule has 1 aliphatic heterocycles. The Hall–Kier alpha value is -2.00. The quantitative estimate of drug-likeness (QED) is 0.151. The number of hydroxylamine groups is 1. The minimum Gasteiger partial charge on any atom is -0.623 e. The van der Waals surface area contributed by atoms with Gasteiger partial charge < -0.3 is 28.9 Å². The van der Waals surface area contributed by atoms with Gasteiger partial charge in [-0.25, -0.2) is 4.79 Å². The lowest BCUT2D eigenvalue weighted by molar-refractivity contribution is -0.529. The van der Waals surface area contributed by atoms with Crippen molar-refractivity contribution in [1.29, 1.82) is 0 Å². The van der Waals surface area contributed by atoms with E-state index in [-0.39, 0.29) is 6.42 Å². The molecule has 8 heteroatoms. The molecule has 1 saturated heterocycles. The van der Waals surface area contributed by atoms with E-state index in [2.05, 4.69) is 0 Å². The van der Waals surface area contributed by atoms with E-state index in [0.717, 1.165) is 0 Å². The van der Waals surface area contributed by atoms with Crippen molar-refractivity contribution in [1.82, 2.24) is 0 Å². The van der Waals surface area contributed by atoms with Crippen LogP contribution in [-0.2, 0) is 28.5 Å². The maximum atomic E-state index is 13.2. The first kappa shape index (κ1) is 24.3. The number of nitrogens with zero attached hydrogens (tertiary/aromatic N) is 1. The van der Waals surface area contributed by atoms with Gasteiger partial charge in [-0.1, -0.05) is 18.2 Å². The summed E-state index contributed by atoms with van der Waals surface area (Å²) in [6, 6.07) is 7.59. The first-order valence-electron chi connectivity index (χ1n) is 9.91. The van der Waals surface area contributed by atoms with Gasteiger partial charge in [-0.2, -0.15) is 4.74 Å². The van der Waals surface area contributed by atoms with Crippen LogP contribution in [0.15, 0.2) is 30.3 Å². The monoisotopic (exact) mass is 423 g/mol. The summed E-state index contributed by atoms with van der Waals surface area (Å²) < 4.78 is 28.8. The zero-order valence-electron chi connectivity index (χ0n) is 18.8. The van der Waals surface area contributed by atoms with Crippen molar-refractivity contribution in [3.63, 3.8) is 0 Å². The molecule has 0 spiro atoms. The molecule has 2 rings (SSSR count). The molecule has 0 aliphatic carbocycles. The average molecular weight is 424 g/mol. The van der Waals surface area contributed by atoms with Gasteiger partial charge in [-0.15, -0.1) is 0 Å². The number of esters is 1. The molecular formula is C22H33NO7. The van der Waals surface area contributed by atoms with E-state index in [1.807, 2.05) is 33.8 Å².